The summed E-state index contributed by atoms with van der Waals surface area (Å²) in [5.41, 5.74) is 0.401. The lowest BCUT2D eigenvalue weighted by Gasteiger charge is -2.34. The van der Waals surface area contributed by atoms with Crippen LogP contribution in [0.1, 0.15) is 59.8 Å². The largest absolute Gasteiger partial charge is 0.382 e. The van der Waals surface area contributed by atoms with Crippen LogP contribution < -0.4 is 5.32 Å². The highest BCUT2D eigenvalue weighted by atomic mass is 16.5. The van der Waals surface area contributed by atoms with E-state index < -0.39 is 0 Å². The summed E-state index contributed by atoms with van der Waals surface area (Å²) in [6, 6.07) is 0. The van der Waals surface area contributed by atoms with E-state index in [1.54, 1.807) is 7.11 Å². The van der Waals surface area contributed by atoms with E-state index in [1.807, 2.05) is 0 Å². The van der Waals surface area contributed by atoms with Crippen LogP contribution in [-0.2, 0) is 9.47 Å². The molecule has 0 saturated carbocycles. The monoisotopic (exact) mass is 287 g/mol. The van der Waals surface area contributed by atoms with Gasteiger partial charge in [0.1, 0.15) is 0 Å². The van der Waals surface area contributed by atoms with E-state index in [2.05, 4.69) is 33.0 Å². The molecular formula is C17H37NO2. The Morgan fingerprint density at radius 1 is 1.05 bits per heavy atom. The van der Waals surface area contributed by atoms with Crippen LogP contribution in [0.15, 0.2) is 0 Å². The second kappa shape index (κ2) is 12.6. The van der Waals surface area contributed by atoms with Crippen molar-refractivity contribution in [2.24, 2.45) is 11.3 Å². The summed E-state index contributed by atoms with van der Waals surface area (Å²) in [5.74, 6) is 0.716. The minimum absolute atomic E-state index is 0.401. The van der Waals surface area contributed by atoms with Crippen molar-refractivity contribution in [3.8, 4) is 0 Å². The van der Waals surface area contributed by atoms with Crippen LogP contribution in [0.3, 0.4) is 0 Å². The molecule has 0 aromatic carbocycles. The van der Waals surface area contributed by atoms with Crippen molar-refractivity contribution in [1.29, 1.82) is 0 Å². The Kier molecular flexibility index (Phi) is 12.5. The number of ether oxygens (including phenoxy) is 2. The molecule has 0 aliphatic rings. The quantitative estimate of drug-likeness (QED) is 0.492. The number of rotatable bonds is 14. The van der Waals surface area contributed by atoms with Crippen LogP contribution >= 0.6 is 0 Å². The van der Waals surface area contributed by atoms with Crippen LogP contribution in [0.4, 0.5) is 0 Å². The van der Waals surface area contributed by atoms with Gasteiger partial charge in [-0.15, -0.1) is 0 Å². The molecule has 0 aliphatic carbocycles. The maximum absolute atomic E-state index is 5.69. The van der Waals surface area contributed by atoms with Gasteiger partial charge >= 0.3 is 0 Å². The molecule has 0 aromatic rings. The van der Waals surface area contributed by atoms with Crippen LogP contribution in [0, 0.1) is 11.3 Å². The van der Waals surface area contributed by atoms with Gasteiger partial charge in [-0.3, -0.25) is 0 Å². The van der Waals surface area contributed by atoms with E-state index in [-0.39, 0.29) is 0 Å². The zero-order valence-electron chi connectivity index (χ0n) is 14.5. The topological polar surface area (TPSA) is 30.5 Å². The first-order valence-electron chi connectivity index (χ1n) is 8.37. The molecule has 0 rings (SSSR count). The maximum atomic E-state index is 5.69. The summed E-state index contributed by atoms with van der Waals surface area (Å²) in [4.78, 5) is 0. The van der Waals surface area contributed by atoms with Gasteiger partial charge in [0.15, 0.2) is 0 Å². The zero-order chi connectivity index (χ0) is 15.3. The minimum Gasteiger partial charge on any atom is -0.382 e. The molecular weight excluding hydrogens is 250 g/mol. The number of nitrogens with one attached hydrogen (secondary N) is 1. The van der Waals surface area contributed by atoms with Crippen LogP contribution in [0.25, 0.3) is 0 Å². The molecule has 0 aromatic heterocycles. The van der Waals surface area contributed by atoms with Crippen molar-refractivity contribution in [3.63, 3.8) is 0 Å². The fraction of sp³-hybridized carbons (Fsp3) is 1.00. The highest BCUT2D eigenvalue weighted by Crippen LogP contribution is 2.32. The highest BCUT2D eigenvalue weighted by Gasteiger charge is 2.26. The van der Waals surface area contributed by atoms with Gasteiger partial charge in [-0.25, -0.2) is 0 Å². The van der Waals surface area contributed by atoms with Gasteiger partial charge in [-0.1, -0.05) is 40.5 Å². The molecule has 0 aliphatic heterocycles. The SMILES string of the molecule is CCCCC(CC)(CCOCCOC)CNCC(C)C. The van der Waals surface area contributed by atoms with Gasteiger partial charge in [0, 0.05) is 20.3 Å². The maximum Gasteiger partial charge on any atom is 0.0700 e. The number of hydrogen-bond acceptors (Lipinski definition) is 3. The fourth-order valence-electron chi connectivity index (χ4n) is 2.49. The molecule has 0 saturated heterocycles. The molecule has 20 heavy (non-hydrogen) atoms. The summed E-state index contributed by atoms with van der Waals surface area (Å²) in [7, 11) is 1.72. The molecule has 0 fully saturated rings. The molecule has 1 unspecified atom stereocenters. The predicted molar refractivity (Wildman–Crippen MR) is 87.3 cm³/mol. The van der Waals surface area contributed by atoms with Crippen molar-refractivity contribution >= 4 is 0 Å². The lowest BCUT2D eigenvalue weighted by atomic mass is 9.77. The average molecular weight is 287 g/mol. The average Bonchev–Trinajstić information content (AvgIpc) is 2.43. The van der Waals surface area contributed by atoms with Gasteiger partial charge in [0.25, 0.3) is 0 Å². The zero-order valence-corrected chi connectivity index (χ0v) is 14.5. The Hall–Kier alpha value is -0.120. The first-order chi connectivity index (χ1) is 9.60. The Bertz CT molecular complexity index is 209. The lowest BCUT2D eigenvalue weighted by Crippen LogP contribution is -2.36. The Morgan fingerprint density at radius 3 is 2.35 bits per heavy atom. The van der Waals surface area contributed by atoms with E-state index in [0.717, 1.165) is 26.1 Å². The van der Waals surface area contributed by atoms with Crippen molar-refractivity contribution in [1.82, 2.24) is 5.32 Å². The summed E-state index contributed by atoms with van der Waals surface area (Å²) in [6.07, 6.45) is 6.27. The Morgan fingerprint density at radius 2 is 1.80 bits per heavy atom. The summed E-state index contributed by atoms with van der Waals surface area (Å²) < 4.78 is 10.7. The highest BCUT2D eigenvalue weighted by molar-refractivity contribution is 4.80. The second-order valence-corrected chi connectivity index (χ2v) is 6.34. The van der Waals surface area contributed by atoms with Gasteiger partial charge in [-0.2, -0.15) is 0 Å². The van der Waals surface area contributed by atoms with E-state index in [9.17, 15) is 0 Å². The summed E-state index contributed by atoms with van der Waals surface area (Å²) >= 11 is 0. The van der Waals surface area contributed by atoms with Crippen molar-refractivity contribution in [2.75, 3.05) is 40.0 Å². The Labute approximate surface area is 126 Å². The second-order valence-electron chi connectivity index (χ2n) is 6.34. The predicted octanol–water partition coefficient (Wildman–Crippen LogP) is 3.87. The van der Waals surface area contributed by atoms with Gasteiger partial charge in [0.05, 0.1) is 13.2 Å². The molecule has 3 heteroatoms. The van der Waals surface area contributed by atoms with Crippen LogP contribution in [0.2, 0.25) is 0 Å². The normalized spacial score (nSPS) is 14.7. The third-order valence-corrected chi connectivity index (χ3v) is 4.07. The van der Waals surface area contributed by atoms with Crippen LogP contribution in [-0.4, -0.2) is 40.0 Å². The molecule has 0 radical (unpaired) electrons. The standard InChI is InChI=1S/C17H37NO2/c1-6-8-9-17(7-2,15-18-14-16(3)4)10-11-20-13-12-19-5/h16,18H,6-15H2,1-5H3. The van der Waals surface area contributed by atoms with Crippen molar-refractivity contribution < 1.29 is 9.47 Å². The molecule has 0 bridgehead atoms. The van der Waals surface area contributed by atoms with Gasteiger partial charge in [-0.05, 0) is 37.1 Å². The molecule has 0 heterocycles. The van der Waals surface area contributed by atoms with E-state index in [1.165, 1.54) is 25.7 Å². The molecule has 0 spiro atoms. The van der Waals surface area contributed by atoms with E-state index in [4.69, 9.17) is 9.47 Å². The van der Waals surface area contributed by atoms with Gasteiger partial charge in [0.2, 0.25) is 0 Å². The van der Waals surface area contributed by atoms with Crippen LogP contribution in [0.5, 0.6) is 0 Å². The molecule has 1 N–H and O–H groups in total. The van der Waals surface area contributed by atoms with E-state index in [0.29, 0.717) is 24.5 Å². The smallest absolute Gasteiger partial charge is 0.0700 e. The van der Waals surface area contributed by atoms with Crippen molar-refractivity contribution in [2.45, 2.75) is 59.8 Å². The summed E-state index contributed by atoms with van der Waals surface area (Å²) in [6.45, 7) is 13.6. The lowest BCUT2D eigenvalue weighted by molar-refractivity contribution is 0.0470. The molecule has 122 valence electrons. The number of hydrogen-bond donors (Lipinski definition) is 1. The minimum atomic E-state index is 0.401. The Balaban J connectivity index is 4.19. The van der Waals surface area contributed by atoms with E-state index >= 15 is 0 Å². The first kappa shape index (κ1) is 19.9. The molecule has 3 nitrogen and oxygen atoms in total. The molecule has 1 atom stereocenters. The first-order valence-corrected chi connectivity index (χ1v) is 8.37. The summed E-state index contributed by atoms with van der Waals surface area (Å²) in [5, 5.41) is 3.66. The van der Waals surface area contributed by atoms with Crippen molar-refractivity contribution in [3.05, 3.63) is 0 Å². The van der Waals surface area contributed by atoms with Gasteiger partial charge < -0.3 is 14.8 Å². The third-order valence-electron chi connectivity index (χ3n) is 4.07. The third kappa shape index (κ3) is 9.73. The fourth-order valence-corrected chi connectivity index (χ4v) is 2.49. The number of unbranched alkanes of at least 4 members (excludes halogenated alkanes) is 1. The number of methoxy groups -OCH3 is 1. The molecule has 0 amide bonds.